The molecule has 0 radical (unpaired) electrons. The first-order valence-electron chi connectivity index (χ1n) is 8.07. The maximum atomic E-state index is 11.9. The van der Waals surface area contributed by atoms with E-state index in [1.54, 1.807) is 12.3 Å². The molecule has 22 heavy (non-hydrogen) atoms. The molecule has 6 heteroatoms. The molecule has 4 N–H and O–H groups in total. The quantitative estimate of drug-likeness (QED) is 0.590. The van der Waals surface area contributed by atoms with Crippen molar-refractivity contribution in [2.45, 2.75) is 51.0 Å². The summed E-state index contributed by atoms with van der Waals surface area (Å²) in [6.07, 6.45) is 8.92. The number of amidine groups is 1. The number of anilines is 2. The molecule has 6 nitrogen and oxygen atoms in total. The van der Waals surface area contributed by atoms with Gasteiger partial charge in [0.05, 0.1) is 5.56 Å². The number of likely N-dealkylation sites (tertiary alicyclic amines) is 1. The summed E-state index contributed by atoms with van der Waals surface area (Å²) in [5.41, 5.74) is 7.14. The van der Waals surface area contributed by atoms with Gasteiger partial charge in [0.1, 0.15) is 11.7 Å². The lowest BCUT2D eigenvalue weighted by atomic mass is 9.95. The number of nitrogens with one attached hydrogen (secondary N) is 2. The van der Waals surface area contributed by atoms with E-state index in [1.165, 1.54) is 24.2 Å². The van der Waals surface area contributed by atoms with Gasteiger partial charge in [0.2, 0.25) is 5.91 Å². The summed E-state index contributed by atoms with van der Waals surface area (Å²) in [5.74, 6) is 0.805. The van der Waals surface area contributed by atoms with Crippen LogP contribution in [-0.2, 0) is 4.79 Å². The molecule has 1 saturated heterocycles. The Hall–Kier alpha value is -2.11. The highest BCUT2D eigenvalue weighted by Crippen LogP contribution is 2.27. The Morgan fingerprint density at radius 2 is 2.09 bits per heavy atom. The smallest absolute Gasteiger partial charge is 0.228 e. The van der Waals surface area contributed by atoms with Crippen LogP contribution in [0.2, 0.25) is 0 Å². The minimum absolute atomic E-state index is 0.00290. The van der Waals surface area contributed by atoms with Crippen LogP contribution in [0, 0.1) is 5.41 Å². The predicted octanol–water partition coefficient (Wildman–Crippen LogP) is 2.36. The molecule has 2 fully saturated rings. The van der Waals surface area contributed by atoms with Crippen molar-refractivity contribution in [2.24, 2.45) is 0 Å². The molecule has 3 rings (SSSR count). The third-order valence-electron chi connectivity index (χ3n) is 4.51. The van der Waals surface area contributed by atoms with Gasteiger partial charge in [-0.1, -0.05) is 19.3 Å². The molecule has 0 unspecified atom stereocenters. The van der Waals surface area contributed by atoms with Gasteiger partial charge in [0, 0.05) is 30.9 Å². The van der Waals surface area contributed by atoms with Gasteiger partial charge >= 0.3 is 0 Å². The number of amides is 1. The Labute approximate surface area is 130 Å². The van der Waals surface area contributed by atoms with E-state index < -0.39 is 0 Å². The molecule has 0 aromatic carbocycles. The van der Waals surface area contributed by atoms with Crippen LogP contribution in [0.25, 0.3) is 0 Å². The van der Waals surface area contributed by atoms with Gasteiger partial charge < -0.3 is 11.1 Å². The Bertz CT molecular complexity index is 580. The van der Waals surface area contributed by atoms with Crippen molar-refractivity contribution in [3.63, 3.8) is 0 Å². The lowest BCUT2D eigenvalue weighted by molar-refractivity contribution is -0.124. The molecular weight excluding hydrogens is 278 g/mol. The van der Waals surface area contributed by atoms with Gasteiger partial charge in [-0.2, -0.15) is 0 Å². The maximum absolute atomic E-state index is 11.9. The van der Waals surface area contributed by atoms with Crippen LogP contribution in [0.5, 0.6) is 0 Å². The first-order valence-corrected chi connectivity index (χ1v) is 8.07. The summed E-state index contributed by atoms with van der Waals surface area (Å²) >= 11 is 0. The summed E-state index contributed by atoms with van der Waals surface area (Å²) in [7, 11) is 0. The second kappa shape index (κ2) is 6.34. The zero-order valence-corrected chi connectivity index (χ0v) is 12.8. The van der Waals surface area contributed by atoms with Crippen LogP contribution >= 0.6 is 0 Å². The van der Waals surface area contributed by atoms with Crippen LogP contribution in [0.4, 0.5) is 11.5 Å². The van der Waals surface area contributed by atoms with Crippen molar-refractivity contribution in [2.75, 3.05) is 17.6 Å². The zero-order valence-electron chi connectivity index (χ0n) is 12.8. The summed E-state index contributed by atoms with van der Waals surface area (Å²) < 4.78 is 0. The summed E-state index contributed by atoms with van der Waals surface area (Å²) in [6.45, 7) is 0.592. The number of aromatic nitrogens is 1. The number of rotatable bonds is 3. The SMILES string of the molecule is N=C(c1c(N)ccnc1NC1CCCCC1)N1CCCC1=O. The fraction of sp³-hybridized carbons (Fsp3) is 0.562. The number of hydrogen-bond acceptors (Lipinski definition) is 5. The van der Waals surface area contributed by atoms with Crippen LogP contribution in [0.15, 0.2) is 12.3 Å². The monoisotopic (exact) mass is 301 g/mol. The molecule has 1 aliphatic carbocycles. The normalized spacial score (nSPS) is 19.5. The van der Waals surface area contributed by atoms with Crippen molar-refractivity contribution in [1.82, 2.24) is 9.88 Å². The van der Waals surface area contributed by atoms with Crippen molar-refractivity contribution in [1.29, 1.82) is 5.41 Å². The van der Waals surface area contributed by atoms with Gasteiger partial charge in [-0.15, -0.1) is 0 Å². The lowest BCUT2D eigenvalue weighted by Gasteiger charge is -2.26. The summed E-state index contributed by atoms with van der Waals surface area (Å²) in [5, 5.41) is 11.8. The second-order valence-electron chi connectivity index (χ2n) is 6.10. The molecule has 1 aromatic rings. The molecule has 1 aliphatic heterocycles. The number of carbonyl (C=O) groups excluding carboxylic acids is 1. The third-order valence-corrected chi connectivity index (χ3v) is 4.51. The number of nitrogens with zero attached hydrogens (tertiary/aromatic N) is 2. The van der Waals surface area contributed by atoms with Crippen LogP contribution < -0.4 is 11.1 Å². The first kappa shape index (κ1) is 14.8. The van der Waals surface area contributed by atoms with Gasteiger partial charge in [0.15, 0.2) is 0 Å². The summed E-state index contributed by atoms with van der Waals surface area (Å²) in [6, 6.07) is 2.07. The van der Waals surface area contributed by atoms with Crippen molar-refractivity contribution in [3.05, 3.63) is 17.8 Å². The largest absolute Gasteiger partial charge is 0.398 e. The van der Waals surface area contributed by atoms with E-state index in [2.05, 4.69) is 10.3 Å². The van der Waals surface area contributed by atoms with E-state index in [1.807, 2.05) is 0 Å². The number of pyridine rings is 1. The lowest BCUT2D eigenvalue weighted by Crippen LogP contribution is -2.34. The van der Waals surface area contributed by atoms with Crippen LogP contribution in [0.3, 0.4) is 0 Å². The molecule has 0 spiro atoms. The standard InChI is InChI=1S/C16H23N5O/c17-12-8-9-19-16(20-11-5-2-1-3-6-11)14(12)15(18)21-10-4-7-13(21)22/h8-9,11,18H,1-7,10H2,(H3,17,19,20). The minimum Gasteiger partial charge on any atom is -0.398 e. The number of nitrogens with two attached hydrogens (primary N) is 1. The van der Waals surface area contributed by atoms with Gasteiger partial charge in [0.25, 0.3) is 0 Å². The van der Waals surface area contributed by atoms with Crippen molar-refractivity contribution in [3.8, 4) is 0 Å². The highest BCUT2D eigenvalue weighted by molar-refractivity contribution is 6.12. The minimum atomic E-state index is -0.00290. The Morgan fingerprint density at radius 1 is 1.32 bits per heavy atom. The van der Waals surface area contributed by atoms with Crippen molar-refractivity contribution < 1.29 is 4.79 Å². The topological polar surface area (TPSA) is 95.1 Å². The van der Waals surface area contributed by atoms with Crippen LogP contribution in [-0.4, -0.2) is 34.2 Å². The van der Waals surface area contributed by atoms with Gasteiger partial charge in [-0.05, 0) is 25.3 Å². The molecule has 0 bridgehead atoms. The van der Waals surface area contributed by atoms with E-state index in [9.17, 15) is 4.79 Å². The molecule has 1 aromatic heterocycles. The van der Waals surface area contributed by atoms with E-state index in [0.717, 1.165) is 19.3 Å². The van der Waals surface area contributed by atoms with Gasteiger partial charge in [-0.25, -0.2) is 4.98 Å². The van der Waals surface area contributed by atoms with E-state index in [-0.39, 0.29) is 11.7 Å². The average molecular weight is 301 g/mol. The molecule has 2 aliphatic rings. The predicted molar refractivity (Wildman–Crippen MR) is 86.9 cm³/mol. The van der Waals surface area contributed by atoms with Gasteiger partial charge in [-0.3, -0.25) is 15.1 Å². The first-order chi connectivity index (χ1) is 10.7. The van der Waals surface area contributed by atoms with E-state index >= 15 is 0 Å². The fourth-order valence-corrected chi connectivity index (χ4v) is 3.29. The molecule has 1 amide bonds. The van der Waals surface area contributed by atoms with E-state index in [4.69, 9.17) is 11.1 Å². The number of nitrogen functional groups attached to an aromatic ring is 1. The fourth-order valence-electron chi connectivity index (χ4n) is 3.29. The second-order valence-corrected chi connectivity index (χ2v) is 6.10. The molecule has 2 heterocycles. The molecule has 0 atom stereocenters. The Morgan fingerprint density at radius 3 is 2.77 bits per heavy atom. The number of hydrogen-bond donors (Lipinski definition) is 3. The highest BCUT2D eigenvalue weighted by Gasteiger charge is 2.28. The maximum Gasteiger partial charge on any atom is 0.228 e. The average Bonchev–Trinajstić information content (AvgIpc) is 2.94. The van der Waals surface area contributed by atoms with Crippen LogP contribution in [0.1, 0.15) is 50.5 Å². The van der Waals surface area contributed by atoms with E-state index in [0.29, 0.717) is 36.1 Å². The summed E-state index contributed by atoms with van der Waals surface area (Å²) in [4.78, 5) is 17.8. The van der Waals surface area contributed by atoms with Crippen molar-refractivity contribution >= 4 is 23.2 Å². The molecule has 118 valence electrons. The molecular formula is C16H23N5O. The number of carbonyl (C=O) groups is 1. The third kappa shape index (κ3) is 2.91. The Balaban J connectivity index is 1.85. The molecule has 1 saturated carbocycles. The Kier molecular flexibility index (Phi) is 4.27. The highest BCUT2D eigenvalue weighted by atomic mass is 16.2. The zero-order chi connectivity index (χ0) is 15.5.